The van der Waals surface area contributed by atoms with Gasteiger partial charge in [0.15, 0.2) is 0 Å². The molecule has 0 aliphatic heterocycles. The number of carboxylic acid groups (broad SMARTS) is 1. The number of carbonyl (C=O) groups is 1. The van der Waals surface area contributed by atoms with Crippen LogP contribution >= 0.6 is 0 Å². The predicted octanol–water partition coefficient (Wildman–Crippen LogP) is 3.14. The Balaban J connectivity index is 1.87. The van der Waals surface area contributed by atoms with Crippen molar-refractivity contribution in [1.29, 1.82) is 0 Å². The number of nitrogens with one attached hydrogen (secondary N) is 2. The van der Waals surface area contributed by atoms with Crippen molar-refractivity contribution < 1.29 is 9.90 Å². The lowest BCUT2D eigenvalue weighted by molar-refractivity contribution is -0.141. The Morgan fingerprint density at radius 1 is 1.41 bits per heavy atom. The average Bonchev–Trinajstić information content (AvgIpc) is 2.45. The third kappa shape index (κ3) is 5.34. The first-order chi connectivity index (χ1) is 10.7. The van der Waals surface area contributed by atoms with E-state index in [9.17, 15) is 9.90 Å². The molecule has 1 atom stereocenters. The number of benzene rings is 1. The molecule has 0 heterocycles. The van der Waals surface area contributed by atoms with Gasteiger partial charge in [-0.15, -0.1) is 0 Å². The molecule has 1 saturated carbocycles. The van der Waals surface area contributed by atoms with E-state index in [0.29, 0.717) is 6.42 Å². The molecule has 122 valence electrons. The zero-order valence-corrected chi connectivity index (χ0v) is 13.5. The Kier molecular flexibility index (Phi) is 6.72. The van der Waals surface area contributed by atoms with Gasteiger partial charge in [0.1, 0.15) is 0 Å². The lowest BCUT2D eigenvalue weighted by Gasteiger charge is -2.26. The van der Waals surface area contributed by atoms with Gasteiger partial charge in [0.2, 0.25) is 0 Å². The van der Waals surface area contributed by atoms with Crippen molar-refractivity contribution in [3.63, 3.8) is 0 Å². The first-order valence-corrected chi connectivity index (χ1v) is 8.39. The van der Waals surface area contributed by atoms with Crippen LogP contribution in [0.15, 0.2) is 24.3 Å². The molecule has 0 radical (unpaired) electrons. The van der Waals surface area contributed by atoms with Crippen LogP contribution in [0.2, 0.25) is 0 Å². The van der Waals surface area contributed by atoms with Crippen molar-refractivity contribution in [2.75, 3.05) is 25.5 Å². The monoisotopic (exact) mass is 304 g/mol. The van der Waals surface area contributed by atoms with Gasteiger partial charge in [0.05, 0.1) is 5.92 Å². The molecule has 1 fully saturated rings. The second-order valence-corrected chi connectivity index (χ2v) is 6.36. The highest BCUT2D eigenvalue weighted by atomic mass is 16.4. The van der Waals surface area contributed by atoms with Gasteiger partial charge in [0.25, 0.3) is 0 Å². The van der Waals surface area contributed by atoms with E-state index in [1.165, 1.54) is 19.3 Å². The molecule has 1 aromatic rings. The Hall–Kier alpha value is -1.55. The second-order valence-electron chi connectivity index (χ2n) is 6.36. The molecular formula is C18H28N2O2. The highest BCUT2D eigenvalue weighted by molar-refractivity contribution is 5.70. The highest BCUT2D eigenvalue weighted by Gasteiger charge is 2.18. The van der Waals surface area contributed by atoms with Crippen LogP contribution < -0.4 is 10.6 Å². The van der Waals surface area contributed by atoms with Crippen LogP contribution in [0, 0.1) is 11.8 Å². The number of aliphatic carboxylic acids is 1. The summed E-state index contributed by atoms with van der Waals surface area (Å²) in [6.45, 7) is 1.90. The lowest BCUT2D eigenvalue weighted by Crippen LogP contribution is -2.21. The lowest BCUT2D eigenvalue weighted by atomic mass is 9.85. The van der Waals surface area contributed by atoms with Crippen LogP contribution in [0.5, 0.6) is 0 Å². The molecule has 4 nitrogen and oxygen atoms in total. The van der Waals surface area contributed by atoms with E-state index in [1.807, 2.05) is 19.2 Å². The fourth-order valence-corrected chi connectivity index (χ4v) is 2.89. The third-order valence-electron chi connectivity index (χ3n) is 4.56. The quantitative estimate of drug-likeness (QED) is 0.581. The number of anilines is 1. The molecular weight excluding hydrogens is 276 g/mol. The van der Waals surface area contributed by atoms with E-state index in [1.54, 1.807) is 0 Å². The molecule has 2 rings (SSSR count). The second kappa shape index (κ2) is 8.79. The van der Waals surface area contributed by atoms with E-state index in [-0.39, 0.29) is 5.92 Å². The fraction of sp³-hybridized carbons (Fsp3) is 0.611. The summed E-state index contributed by atoms with van der Waals surface area (Å²) in [7, 11) is 1.90. The molecule has 1 aliphatic rings. The number of hydrogen-bond acceptors (Lipinski definition) is 3. The van der Waals surface area contributed by atoms with Gasteiger partial charge in [-0.25, -0.2) is 0 Å². The van der Waals surface area contributed by atoms with Gasteiger partial charge >= 0.3 is 5.97 Å². The first kappa shape index (κ1) is 16.8. The van der Waals surface area contributed by atoms with E-state index >= 15 is 0 Å². The van der Waals surface area contributed by atoms with Crippen molar-refractivity contribution in [1.82, 2.24) is 5.32 Å². The molecule has 1 aliphatic carbocycles. The maximum absolute atomic E-state index is 11.4. The molecule has 22 heavy (non-hydrogen) atoms. The zero-order valence-electron chi connectivity index (χ0n) is 13.5. The standard InChI is InChI=1S/C18H28N2O2/c1-19-10-4-8-16(18(21)22)11-15-7-3-9-17(12-15)20-13-14-5-2-6-14/h3,7,9,12,14,16,19-20H,2,4-6,8,10-11,13H2,1H3,(H,21,22). The Labute approximate surface area is 133 Å². The van der Waals surface area contributed by atoms with Crippen LogP contribution in [-0.4, -0.2) is 31.2 Å². The summed E-state index contributed by atoms with van der Waals surface area (Å²) in [5, 5.41) is 15.9. The number of hydrogen-bond donors (Lipinski definition) is 3. The van der Waals surface area contributed by atoms with Gasteiger partial charge < -0.3 is 15.7 Å². The fourth-order valence-electron chi connectivity index (χ4n) is 2.89. The minimum Gasteiger partial charge on any atom is -0.481 e. The predicted molar refractivity (Wildman–Crippen MR) is 90.3 cm³/mol. The Morgan fingerprint density at radius 3 is 2.86 bits per heavy atom. The van der Waals surface area contributed by atoms with Crippen molar-refractivity contribution in [2.24, 2.45) is 11.8 Å². The van der Waals surface area contributed by atoms with Crippen LogP contribution in [0.1, 0.15) is 37.7 Å². The van der Waals surface area contributed by atoms with Crippen LogP contribution in [0.25, 0.3) is 0 Å². The van der Waals surface area contributed by atoms with Gasteiger partial charge in [-0.2, -0.15) is 0 Å². The van der Waals surface area contributed by atoms with Crippen molar-refractivity contribution in [3.05, 3.63) is 29.8 Å². The molecule has 1 unspecified atom stereocenters. The maximum atomic E-state index is 11.4. The third-order valence-corrected chi connectivity index (χ3v) is 4.56. The van der Waals surface area contributed by atoms with E-state index < -0.39 is 5.97 Å². The van der Waals surface area contributed by atoms with Crippen molar-refractivity contribution >= 4 is 11.7 Å². The van der Waals surface area contributed by atoms with Crippen LogP contribution in [-0.2, 0) is 11.2 Å². The van der Waals surface area contributed by atoms with Gasteiger partial charge in [-0.3, -0.25) is 4.79 Å². The summed E-state index contributed by atoms with van der Waals surface area (Å²) >= 11 is 0. The smallest absolute Gasteiger partial charge is 0.306 e. The summed E-state index contributed by atoms with van der Waals surface area (Å²) < 4.78 is 0. The minimum absolute atomic E-state index is 0.296. The molecule has 0 spiro atoms. The summed E-state index contributed by atoms with van der Waals surface area (Å²) in [6.07, 6.45) is 6.25. The van der Waals surface area contributed by atoms with Gasteiger partial charge in [0, 0.05) is 12.2 Å². The van der Waals surface area contributed by atoms with Gasteiger partial charge in [-0.1, -0.05) is 18.6 Å². The molecule has 4 heteroatoms. The van der Waals surface area contributed by atoms with Crippen molar-refractivity contribution in [3.8, 4) is 0 Å². The molecule has 3 N–H and O–H groups in total. The highest BCUT2D eigenvalue weighted by Crippen LogP contribution is 2.26. The molecule has 0 amide bonds. The van der Waals surface area contributed by atoms with Crippen LogP contribution in [0.4, 0.5) is 5.69 Å². The van der Waals surface area contributed by atoms with Crippen molar-refractivity contribution in [2.45, 2.75) is 38.5 Å². The van der Waals surface area contributed by atoms with Gasteiger partial charge in [-0.05, 0) is 69.3 Å². The summed E-state index contributed by atoms with van der Waals surface area (Å²) in [5.74, 6) is -0.170. The number of carboxylic acids is 1. The average molecular weight is 304 g/mol. The Morgan fingerprint density at radius 2 is 2.23 bits per heavy atom. The topological polar surface area (TPSA) is 61.4 Å². The van der Waals surface area contributed by atoms with Crippen LogP contribution in [0.3, 0.4) is 0 Å². The zero-order chi connectivity index (χ0) is 15.8. The van der Waals surface area contributed by atoms with E-state index in [4.69, 9.17) is 0 Å². The maximum Gasteiger partial charge on any atom is 0.306 e. The summed E-state index contributed by atoms with van der Waals surface area (Å²) in [6, 6.07) is 8.22. The Bertz CT molecular complexity index is 472. The molecule has 1 aromatic carbocycles. The van der Waals surface area contributed by atoms with E-state index in [2.05, 4.69) is 22.8 Å². The van der Waals surface area contributed by atoms with E-state index in [0.717, 1.165) is 43.1 Å². The SMILES string of the molecule is CNCCCC(Cc1cccc(NCC2CCC2)c1)C(=O)O. The normalized spacial score (nSPS) is 16.0. The molecule has 0 aromatic heterocycles. The molecule has 0 bridgehead atoms. The number of rotatable bonds is 10. The summed E-state index contributed by atoms with van der Waals surface area (Å²) in [5.41, 5.74) is 2.22. The largest absolute Gasteiger partial charge is 0.481 e. The first-order valence-electron chi connectivity index (χ1n) is 8.39. The summed E-state index contributed by atoms with van der Waals surface area (Å²) in [4.78, 5) is 11.4. The minimum atomic E-state index is -0.691. The molecule has 0 saturated heterocycles.